The predicted molar refractivity (Wildman–Crippen MR) is 101 cm³/mol. The second-order valence-corrected chi connectivity index (χ2v) is 8.35. The molecule has 1 aliphatic carbocycles. The zero-order valence-electron chi connectivity index (χ0n) is 15.0. The molecule has 1 fully saturated rings. The first-order valence-corrected chi connectivity index (χ1v) is 10.6. The lowest BCUT2D eigenvalue weighted by atomic mass is 9.90. The van der Waals surface area contributed by atoms with Crippen molar-refractivity contribution in [2.24, 2.45) is 5.92 Å². The maximum absolute atomic E-state index is 11.8. The van der Waals surface area contributed by atoms with Crippen molar-refractivity contribution in [3.8, 4) is 5.88 Å². The van der Waals surface area contributed by atoms with Gasteiger partial charge in [-0.05, 0) is 12.3 Å². The van der Waals surface area contributed by atoms with E-state index < -0.39 is 0 Å². The summed E-state index contributed by atoms with van der Waals surface area (Å²) in [4.78, 5) is 16.3. The van der Waals surface area contributed by atoms with Crippen LogP contribution in [0, 0.1) is 5.92 Å². The Kier molecular flexibility index (Phi) is 6.84. The number of nitrogens with zero attached hydrogens (tertiary/aromatic N) is 3. The van der Waals surface area contributed by atoms with E-state index in [0.717, 1.165) is 29.8 Å². The van der Waals surface area contributed by atoms with Gasteiger partial charge in [0.15, 0.2) is 0 Å². The summed E-state index contributed by atoms with van der Waals surface area (Å²) in [5.74, 6) is 0.545. The summed E-state index contributed by atoms with van der Waals surface area (Å²) in [6, 6.07) is 1.11. The Morgan fingerprint density at radius 3 is 2.28 bits per heavy atom. The Labute approximate surface area is 153 Å². The number of aromatic hydroxyl groups is 1. The van der Waals surface area contributed by atoms with Crippen molar-refractivity contribution < 1.29 is 5.11 Å². The highest BCUT2D eigenvalue weighted by Crippen LogP contribution is 2.25. The monoisotopic (exact) mass is 363 g/mol. The van der Waals surface area contributed by atoms with Crippen LogP contribution in [0.15, 0.2) is 10.9 Å². The van der Waals surface area contributed by atoms with E-state index in [9.17, 15) is 9.90 Å². The van der Waals surface area contributed by atoms with Crippen molar-refractivity contribution >= 4 is 16.3 Å². The van der Waals surface area contributed by atoms with Crippen molar-refractivity contribution in [3.63, 3.8) is 0 Å². The molecule has 3 rings (SSSR count). The fraction of sp³-hybridized carbons (Fsp3) is 0.737. The van der Waals surface area contributed by atoms with Crippen molar-refractivity contribution in [1.82, 2.24) is 14.6 Å². The van der Waals surface area contributed by atoms with Gasteiger partial charge in [0.05, 0.1) is 6.07 Å². The molecule has 2 aromatic heterocycles. The van der Waals surface area contributed by atoms with Gasteiger partial charge in [-0.15, -0.1) is 0 Å². The highest BCUT2D eigenvalue weighted by molar-refractivity contribution is 7.16. The maximum Gasteiger partial charge on any atom is 0.278 e. The molecule has 0 radical (unpaired) electrons. The summed E-state index contributed by atoms with van der Waals surface area (Å²) in [5, 5.41) is 14.8. The molecule has 0 spiro atoms. The molecule has 0 amide bonds. The second-order valence-electron chi connectivity index (χ2n) is 7.31. The molecular weight excluding hydrogens is 334 g/mol. The summed E-state index contributed by atoms with van der Waals surface area (Å²) in [7, 11) is 0. The first-order valence-electron chi connectivity index (χ1n) is 9.81. The first kappa shape index (κ1) is 18.4. The highest BCUT2D eigenvalue weighted by Gasteiger charge is 2.13. The molecule has 138 valence electrons. The van der Waals surface area contributed by atoms with Gasteiger partial charge in [-0.3, -0.25) is 4.79 Å². The molecule has 1 N–H and O–H groups in total. The molecule has 0 bridgehead atoms. The maximum atomic E-state index is 11.8. The van der Waals surface area contributed by atoms with Gasteiger partial charge in [0.1, 0.15) is 5.01 Å². The van der Waals surface area contributed by atoms with Crippen molar-refractivity contribution in [2.45, 2.75) is 83.5 Å². The van der Waals surface area contributed by atoms with Gasteiger partial charge in [-0.1, -0.05) is 82.0 Å². The van der Waals surface area contributed by atoms with E-state index in [1.807, 2.05) is 0 Å². The molecule has 0 atom stereocenters. The molecule has 6 heteroatoms. The number of hydrogen-bond donors (Lipinski definition) is 1. The van der Waals surface area contributed by atoms with Crippen LogP contribution in [-0.4, -0.2) is 19.7 Å². The van der Waals surface area contributed by atoms with Gasteiger partial charge in [-0.25, -0.2) is 0 Å². The molecule has 0 saturated heterocycles. The number of rotatable bonds is 3. The number of aromatic nitrogens is 3. The van der Waals surface area contributed by atoms with Gasteiger partial charge in [-0.2, -0.15) is 14.6 Å². The summed E-state index contributed by atoms with van der Waals surface area (Å²) in [5.41, 5.74) is -0.309. The lowest BCUT2D eigenvalue weighted by Gasteiger charge is -2.17. The largest absolute Gasteiger partial charge is 0.493 e. The lowest BCUT2D eigenvalue weighted by molar-refractivity contribution is 0.374. The average molecular weight is 364 g/mol. The lowest BCUT2D eigenvalue weighted by Crippen LogP contribution is -2.13. The minimum absolute atomic E-state index is 0.223. The Bertz CT molecular complexity index is 713. The first-order chi connectivity index (χ1) is 12.2. The molecule has 1 aliphatic rings. The summed E-state index contributed by atoms with van der Waals surface area (Å²) in [6.45, 7) is 0. The van der Waals surface area contributed by atoms with Crippen LogP contribution in [0.5, 0.6) is 5.88 Å². The average Bonchev–Trinajstić information content (AvgIpc) is 2.97. The van der Waals surface area contributed by atoms with E-state index in [-0.39, 0.29) is 11.4 Å². The smallest absolute Gasteiger partial charge is 0.278 e. The van der Waals surface area contributed by atoms with Crippen molar-refractivity contribution in [1.29, 1.82) is 0 Å². The van der Waals surface area contributed by atoms with Gasteiger partial charge < -0.3 is 5.11 Å². The van der Waals surface area contributed by atoms with Crippen LogP contribution >= 0.6 is 11.3 Å². The number of hydrogen-bond acceptors (Lipinski definition) is 5. The fourth-order valence-electron chi connectivity index (χ4n) is 3.80. The summed E-state index contributed by atoms with van der Waals surface area (Å²) in [6.07, 6.45) is 17.1. The van der Waals surface area contributed by atoms with E-state index in [1.54, 1.807) is 0 Å². The third-order valence-corrected chi connectivity index (χ3v) is 6.23. The van der Waals surface area contributed by atoms with Crippen LogP contribution in [0.1, 0.15) is 82.1 Å². The van der Waals surface area contributed by atoms with Crippen LogP contribution in [-0.2, 0) is 6.42 Å². The molecule has 5 nitrogen and oxygen atoms in total. The Balaban J connectivity index is 1.58. The van der Waals surface area contributed by atoms with Crippen LogP contribution in [0.25, 0.3) is 4.96 Å². The molecule has 1 saturated carbocycles. The number of aryl methyl sites for hydroxylation is 1. The Morgan fingerprint density at radius 1 is 1.04 bits per heavy atom. The van der Waals surface area contributed by atoms with E-state index in [2.05, 4.69) is 10.1 Å². The second kappa shape index (κ2) is 9.32. The minimum atomic E-state index is -0.309. The van der Waals surface area contributed by atoms with E-state index in [4.69, 9.17) is 0 Å². The van der Waals surface area contributed by atoms with Crippen molar-refractivity contribution in [2.75, 3.05) is 0 Å². The molecule has 0 aromatic carbocycles. The molecule has 0 aliphatic heterocycles. The SMILES string of the molecule is O=c1cc(O)nc2sc(CCC3CCCCCCCCCCC3)nn12. The van der Waals surface area contributed by atoms with E-state index >= 15 is 0 Å². The Morgan fingerprint density at radius 2 is 1.64 bits per heavy atom. The van der Waals surface area contributed by atoms with E-state index in [1.165, 1.54) is 86.5 Å². The van der Waals surface area contributed by atoms with Crippen LogP contribution in [0.4, 0.5) is 0 Å². The zero-order valence-corrected chi connectivity index (χ0v) is 15.8. The third kappa shape index (κ3) is 5.53. The summed E-state index contributed by atoms with van der Waals surface area (Å²) < 4.78 is 1.31. The standard InChI is InChI=1S/C19H29N3O2S/c23-16-14-18(24)22-19(20-16)25-17(21-22)13-12-15-10-8-6-4-2-1-3-5-7-9-11-15/h14-15,23H,1-13H2. The molecule has 0 unspecified atom stereocenters. The van der Waals surface area contributed by atoms with Crippen LogP contribution in [0.3, 0.4) is 0 Å². The van der Waals surface area contributed by atoms with Crippen LogP contribution < -0.4 is 5.56 Å². The molecular formula is C19H29N3O2S. The van der Waals surface area contributed by atoms with Gasteiger partial charge in [0, 0.05) is 6.42 Å². The molecule has 25 heavy (non-hydrogen) atoms. The fourth-order valence-corrected chi connectivity index (χ4v) is 4.71. The molecule has 2 heterocycles. The van der Waals surface area contributed by atoms with Gasteiger partial charge in [0.25, 0.3) is 5.56 Å². The zero-order chi connectivity index (χ0) is 17.5. The number of fused-ring (bicyclic) bond motifs is 1. The quantitative estimate of drug-likeness (QED) is 0.857. The molecule has 2 aromatic rings. The third-order valence-electron chi connectivity index (χ3n) is 5.26. The van der Waals surface area contributed by atoms with Crippen LogP contribution in [0.2, 0.25) is 0 Å². The summed E-state index contributed by atoms with van der Waals surface area (Å²) >= 11 is 1.42. The van der Waals surface area contributed by atoms with Gasteiger partial charge in [0.2, 0.25) is 10.8 Å². The highest BCUT2D eigenvalue weighted by atomic mass is 32.1. The van der Waals surface area contributed by atoms with Crippen molar-refractivity contribution in [3.05, 3.63) is 21.4 Å². The topological polar surface area (TPSA) is 67.5 Å². The normalized spacial score (nSPS) is 18.7. The minimum Gasteiger partial charge on any atom is -0.493 e. The Hall–Kier alpha value is -1.43. The van der Waals surface area contributed by atoms with Gasteiger partial charge >= 0.3 is 0 Å². The predicted octanol–water partition coefficient (Wildman–Crippen LogP) is 4.71. The van der Waals surface area contributed by atoms with E-state index in [0.29, 0.717) is 4.96 Å².